The zero-order valence-electron chi connectivity index (χ0n) is 20.0. The van der Waals surface area contributed by atoms with Crippen LogP contribution >= 0.6 is 0 Å². The van der Waals surface area contributed by atoms with Crippen LogP contribution in [0.2, 0.25) is 0 Å². The third-order valence-corrected chi connectivity index (χ3v) is 7.85. The summed E-state index contributed by atoms with van der Waals surface area (Å²) in [7, 11) is 0. The van der Waals surface area contributed by atoms with E-state index in [2.05, 4.69) is 36.4 Å². The van der Waals surface area contributed by atoms with Gasteiger partial charge in [-0.25, -0.2) is 0 Å². The second-order valence-electron chi connectivity index (χ2n) is 9.92. The molecule has 180 valence electrons. The number of rotatable bonds is 6. The van der Waals surface area contributed by atoms with E-state index in [1.165, 1.54) is 0 Å². The maximum Gasteiger partial charge on any atom is 0.233 e. The number of carbonyl (C=O) groups excluding carboxylic acids is 2. The zero-order chi connectivity index (χ0) is 24.3. The number of primary amides is 1. The number of benzene rings is 3. The third kappa shape index (κ3) is 4.48. The van der Waals surface area contributed by atoms with Crippen molar-refractivity contribution < 1.29 is 14.3 Å². The Labute approximate surface area is 206 Å². The fourth-order valence-corrected chi connectivity index (χ4v) is 5.72. The van der Waals surface area contributed by atoms with Crippen LogP contribution in [0.4, 0.5) is 0 Å². The Morgan fingerprint density at radius 3 is 2.03 bits per heavy atom. The quantitative estimate of drug-likeness (QED) is 0.585. The first-order chi connectivity index (χ1) is 17.0. The Balaban J connectivity index is 1.37. The molecule has 0 aliphatic carbocycles. The number of likely N-dealkylation sites (tertiary alicyclic amines) is 1. The van der Waals surface area contributed by atoms with Gasteiger partial charge in [0.2, 0.25) is 11.8 Å². The minimum atomic E-state index is -0.757. The summed E-state index contributed by atoms with van der Waals surface area (Å²) in [5.74, 6) is -0.241. The van der Waals surface area contributed by atoms with Crippen LogP contribution in [0, 0.1) is 5.41 Å². The molecule has 1 atom stereocenters. The van der Waals surface area contributed by atoms with E-state index in [9.17, 15) is 9.59 Å². The van der Waals surface area contributed by atoms with E-state index >= 15 is 0 Å². The summed E-state index contributed by atoms with van der Waals surface area (Å²) in [4.78, 5) is 28.7. The molecular weight excluding hydrogens is 436 g/mol. The van der Waals surface area contributed by atoms with Gasteiger partial charge < -0.3 is 15.4 Å². The molecule has 0 spiro atoms. The van der Waals surface area contributed by atoms with E-state index in [1.807, 2.05) is 53.4 Å². The number of ether oxygens (including phenoxy) is 1. The fourth-order valence-electron chi connectivity index (χ4n) is 5.72. The average Bonchev–Trinajstić information content (AvgIpc) is 3.35. The van der Waals surface area contributed by atoms with Crippen LogP contribution in [0.5, 0.6) is 0 Å². The van der Waals surface area contributed by atoms with E-state index in [0.29, 0.717) is 52.0 Å². The molecule has 2 saturated heterocycles. The molecule has 0 saturated carbocycles. The van der Waals surface area contributed by atoms with Crippen molar-refractivity contribution in [2.45, 2.75) is 31.1 Å². The molecule has 5 heteroatoms. The maximum absolute atomic E-state index is 14.0. The van der Waals surface area contributed by atoms with Crippen LogP contribution in [-0.2, 0) is 26.2 Å². The number of hydrogen-bond donors (Lipinski definition) is 1. The van der Waals surface area contributed by atoms with Gasteiger partial charge in [0.25, 0.3) is 0 Å². The normalized spacial score (nSPS) is 21.5. The van der Waals surface area contributed by atoms with E-state index < -0.39 is 10.8 Å². The van der Waals surface area contributed by atoms with Gasteiger partial charge in [0, 0.05) is 26.3 Å². The van der Waals surface area contributed by atoms with Crippen molar-refractivity contribution in [3.8, 4) is 11.1 Å². The Hall–Kier alpha value is -3.44. The highest BCUT2D eigenvalue weighted by Crippen LogP contribution is 2.41. The molecule has 2 amide bonds. The summed E-state index contributed by atoms with van der Waals surface area (Å²) >= 11 is 0. The van der Waals surface area contributed by atoms with Gasteiger partial charge in [-0.1, -0.05) is 84.9 Å². The van der Waals surface area contributed by atoms with E-state index in [1.54, 1.807) is 0 Å². The molecule has 5 nitrogen and oxygen atoms in total. The predicted octanol–water partition coefficient (Wildman–Crippen LogP) is 4.35. The topological polar surface area (TPSA) is 72.6 Å². The first-order valence-corrected chi connectivity index (χ1v) is 12.4. The number of nitrogens with two attached hydrogens (primary N) is 1. The molecule has 5 rings (SSSR count). The third-order valence-electron chi connectivity index (χ3n) is 7.85. The zero-order valence-corrected chi connectivity index (χ0v) is 20.0. The van der Waals surface area contributed by atoms with Crippen molar-refractivity contribution in [1.29, 1.82) is 0 Å². The van der Waals surface area contributed by atoms with Gasteiger partial charge in [-0.15, -0.1) is 0 Å². The minimum Gasteiger partial charge on any atom is -0.381 e. The Bertz CT molecular complexity index is 1170. The molecule has 2 N–H and O–H groups in total. The summed E-state index contributed by atoms with van der Waals surface area (Å²) in [5, 5.41) is 0. The van der Waals surface area contributed by atoms with Crippen LogP contribution in [-0.4, -0.2) is 43.0 Å². The Morgan fingerprint density at radius 2 is 1.40 bits per heavy atom. The first-order valence-electron chi connectivity index (χ1n) is 12.4. The molecule has 0 unspecified atom stereocenters. The van der Waals surface area contributed by atoms with Crippen LogP contribution in [0.15, 0.2) is 84.9 Å². The van der Waals surface area contributed by atoms with Gasteiger partial charge in [0.15, 0.2) is 0 Å². The van der Waals surface area contributed by atoms with Gasteiger partial charge in [-0.3, -0.25) is 9.59 Å². The predicted molar refractivity (Wildman–Crippen MR) is 137 cm³/mol. The monoisotopic (exact) mass is 468 g/mol. The fraction of sp³-hybridized carbons (Fsp3) is 0.333. The highest BCUT2D eigenvalue weighted by atomic mass is 16.5. The standard InChI is InChI=1S/C30H32N2O3/c31-27(33)29(21-23-11-13-25(14-12-23)24-7-3-1-4-8-24)15-18-32(22-29)28(34)30(16-19-35-20-17-30)26-9-5-2-6-10-26/h1-14H,15-22H2,(H2,31,33)/t29-/m1/s1. The van der Waals surface area contributed by atoms with Crippen molar-refractivity contribution in [3.05, 3.63) is 96.1 Å². The van der Waals surface area contributed by atoms with E-state index in [4.69, 9.17) is 10.5 Å². The lowest BCUT2D eigenvalue weighted by Gasteiger charge is -2.39. The Kier molecular flexibility index (Phi) is 6.44. The summed E-state index contributed by atoms with van der Waals surface area (Å²) in [6, 6.07) is 28.5. The number of hydrogen-bond acceptors (Lipinski definition) is 3. The van der Waals surface area contributed by atoms with Crippen molar-refractivity contribution in [3.63, 3.8) is 0 Å². The van der Waals surface area contributed by atoms with Crippen molar-refractivity contribution >= 4 is 11.8 Å². The van der Waals surface area contributed by atoms with Crippen LogP contribution in [0.1, 0.15) is 30.4 Å². The molecule has 2 aliphatic heterocycles. The molecule has 3 aromatic rings. The minimum absolute atomic E-state index is 0.0922. The first kappa shape index (κ1) is 23.3. The SMILES string of the molecule is NC(=O)[C@@]1(Cc2ccc(-c3ccccc3)cc2)CCN(C(=O)C2(c3ccccc3)CCOCC2)C1. The smallest absolute Gasteiger partial charge is 0.233 e. The van der Waals surface area contributed by atoms with Gasteiger partial charge in [0.1, 0.15) is 0 Å². The van der Waals surface area contributed by atoms with Crippen molar-refractivity contribution in [1.82, 2.24) is 4.90 Å². The lowest BCUT2D eigenvalue weighted by atomic mass is 9.73. The molecular formula is C30H32N2O3. The second kappa shape index (κ2) is 9.67. The molecule has 3 aromatic carbocycles. The van der Waals surface area contributed by atoms with E-state index in [-0.39, 0.29) is 11.8 Å². The molecule has 2 heterocycles. The maximum atomic E-state index is 14.0. The Morgan fingerprint density at radius 1 is 0.800 bits per heavy atom. The highest BCUT2D eigenvalue weighted by Gasteiger charge is 2.50. The molecule has 0 bridgehead atoms. The summed E-state index contributed by atoms with van der Waals surface area (Å²) in [6.07, 6.45) is 2.41. The molecule has 0 aromatic heterocycles. The van der Waals surface area contributed by atoms with Gasteiger partial charge >= 0.3 is 0 Å². The molecule has 2 aliphatic rings. The summed E-state index contributed by atoms with van der Waals surface area (Å²) < 4.78 is 5.61. The molecule has 35 heavy (non-hydrogen) atoms. The van der Waals surface area contributed by atoms with Crippen molar-refractivity contribution in [2.75, 3.05) is 26.3 Å². The lowest BCUT2D eigenvalue weighted by molar-refractivity contribution is -0.141. The highest BCUT2D eigenvalue weighted by molar-refractivity contribution is 5.90. The van der Waals surface area contributed by atoms with Crippen LogP contribution in [0.3, 0.4) is 0 Å². The molecule has 0 radical (unpaired) electrons. The number of amides is 2. The van der Waals surface area contributed by atoms with E-state index in [0.717, 1.165) is 22.3 Å². The van der Waals surface area contributed by atoms with Crippen molar-refractivity contribution in [2.24, 2.45) is 11.1 Å². The van der Waals surface area contributed by atoms with Crippen LogP contribution in [0.25, 0.3) is 11.1 Å². The lowest BCUT2D eigenvalue weighted by Crippen LogP contribution is -2.51. The largest absolute Gasteiger partial charge is 0.381 e. The average molecular weight is 469 g/mol. The summed E-state index contributed by atoms with van der Waals surface area (Å²) in [6.45, 7) is 2.02. The molecule has 2 fully saturated rings. The van der Waals surface area contributed by atoms with Gasteiger partial charge in [-0.05, 0) is 47.9 Å². The number of carbonyl (C=O) groups is 2. The van der Waals surface area contributed by atoms with Crippen LogP contribution < -0.4 is 5.73 Å². The summed E-state index contributed by atoms with van der Waals surface area (Å²) in [5.41, 5.74) is 9.00. The number of nitrogens with zero attached hydrogens (tertiary/aromatic N) is 1. The second-order valence-corrected chi connectivity index (χ2v) is 9.92. The van der Waals surface area contributed by atoms with Gasteiger partial charge in [0.05, 0.1) is 10.8 Å². The van der Waals surface area contributed by atoms with Gasteiger partial charge in [-0.2, -0.15) is 0 Å².